The summed E-state index contributed by atoms with van der Waals surface area (Å²) >= 11 is 0. The lowest BCUT2D eigenvalue weighted by molar-refractivity contribution is -0.547. The van der Waals surface area contributed by atoms with E-state index in [1.165, 1.54) is 12.1 Å². The van der Waals surface area contributed by atoms with Crippen molar-refractivity contribution in [1.29, 1.82) is 0 Å². The Morgan fingerprint density at radius 1 is 1.18 bits per heavy atom. The normalized spacial score (nSPS) is 35.3. The third-order valence-corrected chi connectivity index (χ3v) is 13.7. The molecule has 0 unspecified atom stereocenters. The van der Waals surface area contributed by atoms with Crippen LogP contribution in [0.15, 0.2) is 0 Å². The second-order valence-corrected chi connectivity index (χ2v) is 18.4. The van der Waals surface area contributed by atoms with Crippen molar-refractivity contribution in [2.24, 2.45) is 22.7 Å². The quantitative estimate of drug-likeness (QED) is 0.325. The fourth-order valence-electron chi connectivity index (χ4n) is 6.36. The van der Waals surface area contributed by atoms with E-state index in [0.29, 0.717) is 12.6 Å². The van der Waals surface area contributed by atoms with Crippen LogP contribution >= 0.6 is 0 Å². The number of rotatable bonds is 5. The van der Waals surface area contributed by atoms with Gasteiger partial charge in [0.25, 0.3) is 0 Å². The van der Waals surface area contributed by atoms with E-state index in [9.17, 15) is 9.90 Å². The van der Waals surface area contributed by atoms with Gasteiger partial charge < -0.3 is 14.3 Å². The average molecular weight is 481 g/mol. The molecular weight excluding hydrogens is 430 g/mol. The molecule has 1 aliphatic carbocycles. The first-order chi connectivity index (χ1) is 15.0. The number of ether oxygens (including phenoxy) is 1. The van der Waals surface area contributed by atoms with Gasteiger partial charge in [-0.3, -0.25) is 4.79 Å². The predicted octanol–water partition coefficient (Wildman–Crippen LogP) is 5.40. The van der Waals surface area contributed by atoms with Gasteiger partial charge >= 0.3 is 5.97 Å². The van der Waals surface area contributed by atoms with E-state index in [0.717, 1.165) is 32.2 Å². The number of carbonyl (C=O) groups is 1. The molecule has 1 spiro atoms. The highest BCUT2D eigenvalue weighted by Crippen LogP contribution is 2.56. The Morgan fingerprint density at radius 3 is 2.39 bits per heavy atom. The fourth-order valence-corrected chi connectivity index (χ4v) is 7.79. The lowest BCUT2D eigenvalue weighted by Gasteiger charge is -2.53. The first kappa shape index (κ1) is 26.9. The highest BCUT2D eigenvalue weighted by atomic mass is 28.4. The molecule has 0 aromatic heterocycles. The molecule has 33 heavy (non-hydrogen) atoms. The third-order valence-electron chi connectivity index (χ3n) is 9.18. The third kappa shape index (κ3) is 4.86. The summed E-state index contributed by atoms with van der Waals surface area (Å²) in [5.74, 6) is 0.269. The van der Waals surface area contributed by atoms with Gasteiger partial charge in [-0.2, -0.15) is 0 Å². The molecule has 0 aromatic carbocycles. The lowest BCUT2D eigenvalue weighted by Crippen LogP contribution is -2.60. The molecular formula is C27H50NO4Si+. The summed E-state index contributed by atoms with van der Waals surface area (Å²) in [6.07, 6.45) is 4.45. The van der Waals surface area contributed by atoms with Crippen LogP contribution in [0, 0.1) is 22.7 Å². The van der Waals surface area contributed by atoms with Crippen LogP contribution in [0.2, 0.25) is 18.1 Å². The van der Waals surface area contributed by atoms with Crippen molar-refractivity contribution in [3.05, 3.63) is 0 Å². The van der Waals surface area contributed by atoms with Crippen molar-refractivity contribution in [3.8, 4) is 0 Å². The Morgan fingerprint density at radius 2 is 1.82 bits per heavy atom. The van der Waals surface area contributed by atoms with Gasteiger partial charge in [-0.25, -0.2) is 4.58 Å². The van der Waals surface area contributed by atoms with E-state index >= 15 is 0 Å². The zero-order valence-corrected chi connectivity index (χ0v) is 24.0. The van der Waals surface area contributed by atoms with Gasteiger partial charge in [-0.15, -0.1) is 0 Å². The van der Waals surface area contributed by atoms with Crippen molar-refractivity contribution in [3.63, 3.8) is 0 Å². The van der Waals surface area contributed by atoms with E-state index in [-0.39, 0.29) is 40.5 Å². The standard InChI is InChI=1S/C27H50NO4Si/c1-18-16-22(29)27(17-19(2)28-14-11-12-21(27)28)20(13-15-31-24(30)25(3,4)5)23(18)32-33(9,10)26(6,7)8/h18-20,22-23,29H,11-17H2,1-10H3/q+1/t18-,19-,20+,22-,23-,27-/m0/s1. The van der Waals surface area contributed by atoms with Gasteiger partial charge in [-0.1, -0.05) is 27.7 Å². The van der Waals surface area contributed by atoms with Crippen molar-refractivity contribution < 1.29 is 23.6 Å². The van der Waals surface area contributed by atoms with Crippen LogP contribution in [0.25, 0.3) is 0 Å². The molecule has 0 bridgehead atoms. The second-order valence-electron chi connectivity index (χ2n) is 13.7. The monoisotopic (exact) mass is 480 g/mol. The molecule has 1 fully saturated rings. The zero-order valence-electron chi connectivity index (χ0n) is 23.0. The maximum Gasteiger partial charge on any atom is 0.311 e. The summed E-state index contributed by atoms with van der Waals surface area (Å²) in [6, 6.07) is 0.443. The summed E-state index contributed by atoms with van der Waals surface area (Å²) in [5.41, 5.74) is 0.682. The molecule has 5 nitrogen and oxygen atoms in total. The van der Waals surface area contributed by atoms with Crippen molar-refractivity contribution >= 4 is 20.0 Å². The Labute approximate surface area is 203 Å². The first-order valence-electron chi connectivity index (χ1n) is 13.2. The minimum atomic E-state index is -2.02. The number of esters is 1. The molecule has 0 amide bonds. The smallest absolute Gasteiger partial charge is 0.311 e. The van der Waals surface area contributed by atoms with Crippen LogP contribution in [-0.2, 0) is 14.0 Å². The van der Waals surface area contributed by atoms with E-state index in [4.69, 9.17) is 9.16 Å². The van der Waals surface area contributed by atoms with Crippen LogP contribution in [0.4, 0.5) is 0 Å². The molecule has 1 N–H and O–H groups in total. The van der Waals surface area contributed by atoms with E-state index in [2.05, 4.69) is 52.3 Å². The largest absolute Gasteiger partial charge is 0.465 e. The predicted molar refractivity (Wildman–Crippen MR) is 136 cm³/mol. The van der Waals surface area contributed by atoms with Crippen LogP contribution in [0.5, 0.6) is 0 Å². The summed E-state index contributed by atoms with van der Waals surface area (Å²) in [6.45, 7) is 23.3. The van der Waals surface area contributed by atoms with Gasteiger partial charge in [0.2, 0.25) is 0 Å². The zero-order chi connectivity index (χ0) is 25.0. The van der Waals surface area contributed by atoms with Gasteiger partial charge in [0.05, 0.1) is 29.6 Å². The number of nitrogens with zero attached hydrogens (tertiary/aromatic N) is 1. The molecule has 2 aliphatic heterocycles. The van der Waals surface area contributed by atoms with Crippen molar-refractivity contribution in [1.82, 2.24) is 0 Å². The Hall–Kier alpha value is -0.723. The molecule has 1 saturated carbocycles. The molecule has 0 radical (unpaired) electrons. The molecule has 6 heteroatoms. The summed E-state index contributed by atoms with van der Waals surface area (Å²) in [7, 11) is -2.02. The molecule has 190 valence electrons. The highest BCUT2D eigenvalue weighted by molar-refractivity contribution is 6.74. The molecule has 3 aliphatic rings. The number of fused-ring (bicyclic) bond motifs is 1. The SMILES string of the molecule is C[C@H]1C[C@H](O)[C@@]2(C[C@H](C)[N+]3=C2CCC3)[C@H](CCOC(=O)C(C)(C)C)[C@H]1O[Si](C)(C)C(C)(C)C. The number of aliphatic hydroxyl groups is 1. The Bertz CT molecular complexity index is 778. The van der Waals surface area contributed by atoms with Gasteiger partial charge in [0.15, 0.2) is 20.1 Å². The van der Waals surface area contributed by atoms with Gasteiger partial charge in [0, 0.05) is 25.2 Å². The summed E-state index contributed by atoms with van der Waals surface area (Å²) in [5, 5.41) is 11.8. The molecule has 6 atom stereocenters. The average Bonchev–Trinajstić information content (AvgIpc) is 3.24. The maximum absolute atomic E-state index is 12.5. The maximum atomic E-state index is 12.5. The molecule has 3 rings (SSSR count). The van der Waals surface area contributed by atoms with Gasteiger partial charge in [0.1, 0.15) is 6.54 Å². The number of hydrogen-bond acceptors (Lipinski definition) is 4. The second kappa shape index (κ2) is 9.05. The fraction of sp³-hybridized carbons (Fsp3) is 0.926. The Balaban J connectivity index is 1.98. The molecule has 0 aromatic rings. The molecule has 2 heterocycles. The first-order valence-corrected chi connectivity index (χ1v) is 16.1. The minimum absolute atomic E-state index is 0.0721. The van der Waals surface area contributed by atoms with Crippen LogP contribution in [-0.4, -0.2) is 61.1 Å². The number of aliphatic hydroxyl groups excluding tert-OH is 1. The van der Waals surface area contributed by atoms with Crippen molar-refractivity contribution in [2.45, 2.75) is 124 Å². The summed E-state index contributed by atoms with van der Waals surface area (Å²) in [4.78, 5) is 12.5. The molecule has 0 saturated heterocycles. The lowest BCUT2D eigenvalue weighted by atomic mass is 9.56. The highest BCUT2D eigenvalue weighted by Gasteiger charge is 2.65. The van der Waals surface area contributed by atoms with E-state index < -0.39 is 13.7 Å². The topological polar surface area (TPSA) is 58.8 Å². The van der Waals surface area contributed by atoms with Crippen LogP contribution < -0.4 is 0 Å². The van der Waals surface area contributed by atoms with Crippen LogP contribution in [0.1, 0.15) is 87.5 Å². The van der Waals surface area contributed by atoms with Crippen molar-refractivity contribution in [2.75, 3.05) is 13.2 Å². The minimum Gasteiger partial charge on any atom is -0.465 e. The van der Waals surface area contributed by atoms with E-state index in [1.54, 1.807) is 0 Å². The van der Waals surface area contributed by atoms with E-state index in [1.807, 2.05) is 20.8 Å². The number of carbonyl (C=O) groups excluding carboxylic acids is 1. The Kier molecular flexibility index (Phi) is 7.37. The summed E-state index contributed by atoms with van der Waals surface area (Å²) < 4.78 is 15.5. The number of hydrogen-bond donors (Lipinski definition) is 1. The van der Waals surface area contributed by atoms with Crippen LogP contribution in [0.3, 0.4) is 0 Å². The van der Waals surface area contributed by atoms with Gasteiger partial charge in [-0.05, 0) is 64.6 Å².